The van der Waals surface area contributed by atoms with Gasteiger partial charge >= 0.3 is 5.97 Å². The number of aliphatic hydroxyl groups is 1. The largest absolute Gasteiger partial charge is 0.480 e. The molecular formula is C17H27N9O4S3. The molecule has 16 heteroatoms. The van der Waals surface area contributed by atoms with E-state index in [4.69, 9.17) is 5.73 Å². The smallest absolute Gasteiger partial charge is 0.329 e. The molecule has 2 aromatic heterocycles. The molecule has 0 spiro atoms. The number of nitrogens with two attached hydrogens (primary N) is 1. The van der Waals surface area contributed by atoms with Gasteiger partial charge in [-0.15, -0.1) is 28.2 Å². The Hall–Kier alpha value is -2.27. The summed E-state index contributed by atoms with van der Waals surface area (Å²) in [5.74, 6) is -1.50. The zero-order chi connectivity index (χ0) is 24.2. The molecule has 2 unspecified atom stereocenters. The first-order chi connectivity index (χ1) is 15.8. The van der Waals surface area contributed by atoms with Crippen molar-refractivity contribution in [1.82, 2.24) is 35.4 Å². The highest BCUT2D eigenvalue weighted by Crippen LogP contribution is 2.18. The van der Waals surface area contributed by atoms with E-state index in [0.717, 1.165) is 18.3 Å². The average Bonchev–Trinajstić information content (AvgIpc) is 3.37. The van der Waals surface area contributed by atoms with Crippen LogP contribution in [0, 0.1) is 0 Å². The fraction of sp³-hybridized carbons (Fsp3) is 0.588. The second-order valence-electron chi connectivity index (χ2n) is 6.88. The summed E-state index contributed by atoms with van der Waals surface area (Å²) >= 11 is 3.57. The topological polar surface area (TPSA) is 185 Å². The summed E-state index contributed by atoms with van der Waals surface area (Å²) in [5, 5.41) is 34.8. The number of hydrogen-bond donors (Lipinski definition) is 4. The number of nitrogen functional groups attached to an aromatic ring is 1. The number of thioether (sulfide) groups is 2. The molecule has 2 aromatic rings. The first-order valence-electron chi connectivity index (χ1n) is 9.80. The summed E-state index contributed by atoms with van der Waals surface area (Å²) in [5.41, 5.74) is 6.01. The molecular weight excluding hydrogens is 490 g/mol. The first kappa shape index (κ1) is 27.0. The van der Waals surface area contributed by atoms with Crippen LogP contribution in [-0.4, -0.2) is 102 Å². The first-order valence-corrected chi connectivity index (χ1v) is 12.7. The quantitative estimate of drug-likeness (QED) is 0.104. The normalized spacial score (nSPS) is 13.5. The third kappa shape index (κ3) is 9.63. The van der Waals surface area contributed by atoms with Crippen LogP contribution in [0.2, 0.25) is 0 Å². The van der Waals surface area contributed by atoms with Gasteiger partial charge in [-0.3, -0.25) is 9.79 Å². The number of carboxylic acids is 1. The van der Waals surface area contributed by atoms with Crippen molar-refractivity contribution >= 4 is 58.1 Å². The number of tetrazole rings is 1. The maximum atomic E-state index is 12.3. The predicted octanol–water partition coefficient (Wildman–Crippen LogP) is -0.352. The highest BCUT2D eigenvalue weighted by Gasteiger charge is 2.29. The monoisotopic (exact) mass is 517 g/mol. The Labute approximate surface area is 203 Å². The van der Waals surface area contributed by atoms with Crippen LogP contribution >= 0.6 is 34.9 Å². The molecule has 1 amide bonds. The van der Waals surface area contributed by atoms with Gasteiger partial charge in [-0.25, -0.2) is 14.5 Å². The summed E-state index contributed by atoms with van der Waals surface area (Å²) in [6.45, 7) is 1.47. The van der Waals surface area contributed by atoms with E-state index in [1.165, 1.54) is 23.1 Å². The lowest BCUT2D eigenvalue weighted by molar-refractivity contribution is -0.141. The number of carbonyl (C=O) groups excluding carboxylic acids is 1. The maximum Gasteiger partial charge on any atom is 0.329 e. The number of aliphatic carboxylic acids is 1. The second-order valence-corrected chi connectivity index (χ2v) is 9.91. The molecule has 5 N–H and O–H groups in total. The summed E-state index contributed by atoms with van der Waals surface area (Å²) in [6.07, 6.45) is 2.00. The van der Waals surface area contributed by atoms with E-state index < -0.39 is 23.3 Å². The minimum atomic E-state index is -1.31. The summed E-state index contributed by atoms with van der Waals surface area (Å²) in [4.78, 5) is 34.3. The van der Waals surface area contributed by atoms with Crippen molar-refractivity contribution < 1.29 is 19.8 Å². The third-order valence-corrected chi connectivity index (χ3v) is 6.61. The SMILES string of the molecule is CN(C)CCn1nnnc1SCCC=NC(SCO)C(NC(=O)Cc1csc(N)n1)C(=O)O. The molecule has 0 aliphatic heterocycles. The molecule has 0 bridgehead atoms. The van der Waals surface area contributed by atoms with E-state index in [2.05, 4.69) is 30.8 Å². The number of thiazole rings is 1. The molecule has 0 saturated heterocycles. The molecule has 0 fully saturated rings. The highest BCUT2D eigenvalue weighted by molar-refractivity contribution is 7.99. The molecule has 2 heterocycles. The Balaban J connectivity index is 1.89. The van der Waals surface area contributed by atoms with Crippen molar-refractivity contribution in [3.05, 3.63) is 11.1 Å². The average molecular weight is 518 g/mol. The van der Waals surface area contributed by atoms with Crippen molar-refractivity contribution in [3.63, 3.8) is 0 Å². The Morgan fingerprint density at radius 2 is 2.24 bits per heavy atom. The number of carbonyl (C=O) groups is 2. The van der Waals surface area contributed by atoms with Crippen LogP contribution in [0.25, 0.3) is 0 Å². The second kappa shape index (κ2) is 14.1. The molecule has 0 saturated carbocycles. The number of anilines is 1. The minimum Gasteiger partial charge on any atom is -0.480 e. The van der Waals surface area contributed by atoms with Gasteiger partial charge in [0.1, 0.15) is 5.37 Å². The number of likely N-dealkylation sites (N-methyl/N-ethyl adjacent to an activating group) is 1. The van der Waals surface area contributed by atoms with Crippen molar-refractivity contribution in [2.24, 2.45) is 4.99 Å². The Morgan fingerprint density at radius 3 is 2.88 bits per heavy atom. The van der Waals surface area contributed by atoms with Crippen LogP contribution < -0.4 is 11.1 Å². The van der Waals surface area contributed by atoms with Crippen molar-refractivity contribution in [3.8, 4) is 0 Å². The fourth-order valence-electron chi connectivity index (χ4n) is 2.47. The van der Waals surface area contributed by atoms with E-state index in [-0.39, 0.29) is 12.4 Å². The molecule has 33 heavy (non-hydrogen) atoms. The number of aromatic nitrogens is 5. The van der Waals surface area contributed by atoms with Gasteiger partial charge in [-0.2, -0.15) is 0 Å². The van der Waals surface area contributed by atoms with Gasteiger partial charge < -0.3 is 26.2 Å². The number of carboxylic acid groups (broad SMARTS) is 1. The van der Waals surface area contributed by atoms with Gasteiger partial charge in [0.05, 0.1) is 24.6 Å². The number of amides is 1. The number of nitrogens with one attached hydrogen (secondary N) is 1. The van der Waals surface area contributed by atoms with Gasteiger partial charge in [0.15, 0.2) is 11.2 Å². The molecule has 0 aliphatic rings. The van der Waals surface area contributed by atoms with Crippen molar-refractivity contribution in [2.45, 2.75) is 36.0 Å². The van der Waals surface area contributed by atoms with Gasteiger partial charge in [-0.05, 0) is 30.9 Å². The minimum absolute atomic E-state index is 0.100. The standard InChI is InChI=1S/C17H27N9O4S3/c1-25(2)5-6-26-17(22-23-24-26)31-7-3-4-19-14(33-10-27)13(15(29)30)21-12(28)8-11-9-32-16(18)20-11/h4,9,13-14,27H,3,5-8,10H2,1-2H3,(H2,18,20)(H,21,28)(H,29,30). The van der Waals surface area contributed by atoms with E-state index in [1.54, 1.807) is 16.3 Å². The lowest BCUT2D eigenvalue weighted by atomic mass is 10.2. The van der Waals surface area contributed by atoms with Crippen LogP contribution in [0.15, 0.2) is 15.5 Å². The number of aliphatic imine (C=N–C) groups is 1. The van der Waals surface area contributed by atoms with E-state index in [0.29, 0.717) is 34.7 Å². The zero-order valence-corrected chi connectivity index (χ0v) is 20.6. The highest BCUT2D eigenvalue weighted by atomic mass is 32.2. The number of aliphatic hydroxyl groups excluding tert-OH is 1. The Morgan fingerprint density at radius 1 is 1.45 bits per heavy atom. The van der Waals surface area contributed by atoms with Gasteiger partial charge in [-0.1, -0.05) is 11.8 Å². The number of nitrogens with zero attached hydrogens (tertiary/aromatic N) is 7. The molecule has 13 nitrogen and oxygen atoms in total. The number of hydrogen-bond acceptors (Lipinski definition) is 13. The predicted molar refractivity (Wildman–Crippen MR) is 128 cm³/mol. The summed E-state index contributed by atoms with van der Waals surface area (Å²) in [6, 6.07) is -1.31. The van der Waals surface area contributed by atoms with Crippen LogP contribution in [-0.2, 0) is 22.6 Å². The molecule has 0 aromatic carbocycles. The van der Waals surface area contributed by atoms with Gasteiger partial charge in [0.25, 0.3) is 0 Å². The fourth-order valence-corrected chi connectivity index (χ4v) is 4.51. The molecule has 2 rings (SSSR count). The van der Waals surface area contributed by atoms with E-state index in [9.17, 15) is 19.8 Å². The van der Waals surface area contributed by atoms with Crippen molar-refractivity contribution in [1.29, 1.82) is 0 Å². The van der Waals surface area contributed by atoms with Crippen molar-refractivity contribution in [2.75, 3.05) is 38.1 Å². The van der Waals surface area contributed by atoms with Crippen LogP contribution in [0.3, 0.4) is 0 Å². The van der Waals surface area contributed by atoms with E-state index >= 15 is 0 Å². The van der Waals surface area contributed by atoms with Gasteiger partial charge in [0, 0.05) is 23.9 Å². The van der Waals surface area contributed by atoms with E-state index in [1.807, 2.05) is 19.0 Å². The molecule has 0 radical (unpaired) electrons. The summed E-state index contributed by atoms with van der Waals surface area (Å²) < 4.78 is 1.72. The molecule has 2 atom stereocenters. The number of rotatable bonds is 15. The van der Waals surface area contributed by atoms with Gasteiger partial charge in [0.2, 0.25) is 11.1 Å². The third-order valence-electron chi connectivity index (χ3n) is 4.01. The Bertz CT molecular complexity index is 921. The summed E-state index contributed by atoms with van der Waals surface area (Å²) in [7, 11) is 3.94. The van der Waals surface area contributed by atoms with Crippen LogP contribution in [0.5, 0.6) is 0 Å². The van der Waals surface area contributed by atoms with Crippen LogP contribution in [0.4, 0.5) is 5.13 Å². The Kier molecular flexibility index (Phi) is 11.5. The maximum absolute atomic E-state index is 12.3. The zero-order valence-electron chi connectivity index (χ0n) is 18.2. The molecule has 0 aliphatic carbocycles. The molecule has 182 valence electrons. The lowest BCUT2D eigenvalue weighted by Crippen LogP contribution is -2.47. The van der Waals surface area contributed by atoms with Crippen LogP contribution in [0.1, 0.15) is 12.1 Å². The lowest BCUT2D eigenvalue weighted by Gasteiger charge is -2.20.